The van der Waals surface area contributed by atoms with Gasteiger partial charge in [-0.05, 0) is 18.7 Å². The van der Waals surface area contributed by atoms with Crippen molar-refractivity contribution < 1.29 is 0 Å². The highest BCUT2D eigenvalue weighted by molar-refractivity contribution is 5.77. The van der Waals surface area contributed by atoms with E-state index in [2.05, 4.69) is 18.2 Å². The van der Waals surface area contributed by atoms with Gasteiger partial charge in [0.2, 0.25) is 0 Å². The maximum absolute atomic E-state index is 5.10. The molecule has 0 aliphatic heterocycles. The van der Waals surface area contributed by atoms with E-state index in [0.717, 1.165) is 5.57 Å². The molecule has 0 spiro atoms. The summed E-state index contributed by atoms with van der Waals surface area (Å²) >= 11 is 0. The van der Waals surface area contributed by atoms with E-state index < -0.39 is 0 Å². The van der Waals surface area contributed by atoms with Gasteiger partial charge >= 0.3 is 0 Å². The fourth-order valence-electron chi connectivity index (χ4n) is 0.247. The summed E-state index contributed by atoms with van der Waals surface area (Å²) in [5.74, 6) is 0. The third-order valence-electron chi connectivity index (χ3n) is 0.596. The van der Waals surface area contributed by atoms with Gasteiger partial charge in [-0.1, -0.05) is 13.8 Å². The summed E-state index contributed by atoms with van der Waals surface area (Å²) in [5.41, 5.74) is 6.09. The van der Waals surface area contributed by atoms with Crippen LogP contribution in [0.2, 0.25) is 0 Å². The second kappa shape index (κ2) is 23.1. The van der Waals surface area contributed by atoms with E-state index in [0.29, 0.717) is 0 Å². The quantitative estimate of drug-likeness (QED) is 0.459. The molecular weight excluding hydrogens is 136 g/mol. The highest BCUT2D eigenvalue weighted by atomic mass is 14.6. The van der Waals surface area contributed by atoms with Gasteiger partial charge in [-0.2, -0.15) is 0 Å². The van der Waals surface area contributed by atoms with Crippen LogP contribution in [0.25, 0.3) is 0 Å². The van der Waals surface area contributed by atoms with Crippen molar-refractivity contribution in [3.63, 3.8) is 0 Å². The Morgan fingerprint density at radius 1 is 1.36 bits per heavy atom. The van der Waals surface area contributed by atoms with E-state index in [9.17, 15) is 0 Å². The molecule has 0 aromatic carbocycles. The van der Waals surface area contributed by atoms with Gasteiger partial charge in [-0.25, -0.2) is 0 Å². The highest BCUT2D eigenvalue weighted by Gasteiger charge is 1.71. The number of hydrogen-bond acceptors (Lipinski definition) is 2. The van der Waals surface area contributed by atoms with Crippen molar-refractivity contribution in [3.05, 3.63) is 24.9 Å². The molecule has 2 heteroatoms. The lowest BCUT2D eigenvalue weighted by Crippen LogP contribution is -1.83. The van der Waals surface area contributed by atoms with Crippen molar-refractivity contribution >= 4 is 6.21 Å². The van der Waals surface area contributed by atoms with Crippen LogP contribution in [0.3, 0.4) is 0 Å². The maximum atomic E-state index is 5.10. The van der Waals surface area contributed by atoms with Gasteiger partial charge in [0.05, 0.1) is 0 Å². The molecule has 2 N–H and O–H groups in total. The summed E-state index contributed by atoms with van der Waals surface area (Å²) in [6.07, 6.45) is 3.23. The van der Waals surface area contributed by atoms with Crippen LogP contribution in [0, 0.1) is 0 Å². The number of nitrogens with two attached hydrogens (primary N) is 1. The van der Waals surface area contributed by atoms with E-state index in [-0.39, 0.29) is 0 Å². The standard InChI is InChI=1S/C5H10N2.C2H6.C2H4/c1-5(3-6)4-7-2;2*1-2/h3-4H,6H2,1-2H3;1-2H3;1-2H2/b5-3-,7-4?;;. The van der Waals surface area contributed by atoms with Crippen LogP contribution in [0.5, 0.6) is 0 Å². The first-order chi connectivity index (χ1) is 5.31. The van der Waals surface area contributed by atoms with Gasteiger partial charge in [0, 0.05) is 13.3 Å². The Bertz CT molecular complexity index is 104. The SMILES string of the molecule is C=C.CC.CN=C/C(C)=C\N. The molecule has 0 saturated heterocycles. The first-order valence-corrected chi connectivity index (χ1v) is 3.62. The molecule has 0 aliphatic rings. The van der Waals surface area contributed by atoms with Crippen molar-refractivity contribution in [1.82, 2.24) is 0 Å². The minimum absolute atomic E-state index is 0.988. The summed E-state index contributed by atoms with van der Waals surface area (Å²) < 4.78 is 0. The van der Waals surface area contributed by atoms with Crippen LogP contribution in [0.15, 0.2) is 29.9 Å². The van der Waals surface area contributed by atoms with Crippen LogP contribution in [-0.4, -0.2) is 13.3 Å². The molecule has 0 rings (SSSR count). The lowest BCUT2D eigenvalue weighted by Gasteiger charge is -1.80. The Hall–Kier alpha value is -1.05. The Morgan fingerprint density at radius 2 is 1.73 bits per heavy atom. The van der Waals surface area contributed by atoms with E-state index in [4.69, 9.17) is 5.73 Å². The maximum Gasteiger partial charge on any atom is 0.0277 e. The number of allylic oxidation sites excluding steroid dienone is 1. The number of rotatable bonds is 1. The van der Waals surface area contributed by atoms with Crippen molar-refractivity contribution in [3.8, 4) is 0 Å². The molecule has 2 nitrogen and oxygen atoms in total. The smallest absolute Gasteiger partial charge is 0.0277 e. The normalized spacial score (nSPS) is 9.27. The third kappa shape index (κ3) is 27.7. The zero-order valence-electron chi connectivity index (χ0n) is 8.09. The van der Waals surface area contributed by atoms with Gasteiger partial charge in [0.15, 0.2) is 0 Å². The van der Waals surface area contributed by atoms with Crippen LogP contribution in [-0.2, 0) is 0 Å². The zero-order valence-corrected chi connectivity index (χ0v) is 8.09. The molecule has 0 saturated carbocycles. The van der Waals surface area contributed by atoms with Gasteiger partial charge in [0.25, 0.3) is 0 Å². The molecular formula is C9H20N2. The van der Waals surface area contributed by atoms with E-state index in [1.165, 1.54) is 6.20 Å². The molecule has 0 bridgehead atoms. The molecule has 0 amide bonds. The minimum atomic E-state index is 0.988. The average molecular weight is 156 g/mol. The Morgan fingerprint density at radius 3 is 1.82 bits per heavy atom. The average Bonchev–Trinajstić information content (AvgIpc) is 2.12. The minimum Gasteiger partial charge on any atom is -0.404 e. The van der Waals surface area contributed by atoms with Crippen LogP contribution < -0.4 is 5.73 Å². The lowest BCUT2D eigenvalue weighted by molar-refractivity contribution is 1.42. The molecule has 0 unspecified atom stereocenters. The van der Waals surface area contributed by atoms with Crippen molar-refractivity contribution in [1.29, 1.82) is 0 Å². The number of hydrogen-bond donors (Lipinski definition) is 1. The Kier molecular flexibility index (Phi) is 34.6. The Labute approximate surface area is 70.5 Å². The van der Waals surface area contributed by atoms with E-state index in [1.807, 2.05) is 20.8 Å². The third-order valence-corrected chi connectivity index (χ3v) is 0.596. The molecule has 11 heavy (non-hydrogen) atoms. The zero-order chi connectivity index (χ0) is 9.70. The van der Waals surface area contributed by atoms with E-state index in [1.54, 1.807) is 13.3 Å². The first kappa shape index (κ1) is 16.5. The molecule has 0 radical (unpaired) electrons. The van der Waals surface area contributed by atoms with Gasteiger partial charge < -0.3 is 5.73 Å². The lowest BCUT2D eigenvalue weighted by atomic mass is 10.4. The predicted molar refractivity (Wildman–Crippen MR) is 55.0 cm³/mol. The van der Waals surface area contributed by atoms with Crippen LogP contribution >= 0.6 is 0 Å². The first-order valence-electron chi connectivity index (χ1n) is 3.62. The predicted octanol–water partition coefficient (Wildman–Crippen LogP) is 2.38. The summed E-state index contributed by atoms with van der Waals surface area (Å²) in [5, 5.41) is 0. The van der Waals surface area contributed by atoms with Crippen molar-refractivity contribution in [2.24, 2.45) is 10.7 Å². The summed E-state index contributed by atoms with van der Waals surface area (Å²) in [7, 11) is 1.72. The van der Waals surface area contributed by atoms with Crippen molar-refractivity contribution in [2.75, 3.05) is 7.05 Å². The van der Waals surface area contributed by atoms with E-state index >= 15 is 0 Å². The highest BCUT2D eigenvalue weighted by Crippen LogP contribution is 1.79. The summed E-state index contributed by atoms with van der Waals surface area (Å²) in [4.78, 5) is 3.73. The summed E-state index contributed by atoms with van der Waals surface area (Å²) in [6.45, 7) is 11.9. The number of nitrogens with zero attached hydrogens (tertiary/aromatic N) is 1. The Balaban J connectivity index is -0.000000138. The second-order valence-electron chi connectivity index (χ2n) is 1.30. The van der Waals surface area contributed by atoms with Gasteiger partial charge in [0.1, 0.15) is 0 Å². The fourth-order valence-corrected chi connectivity index (χ4v) is 0.247. The second-order valence-corrected chi connectivity index (χ2v) is 1.30. The summed E-state index contributed by atoms with van der Waals surface area (Å²) in [6, 6.07) is 0. The molecule has 66 valence electrons. The molecule has 0 atom stereocenters. The van der Waals surface area contributed by atoms with Crippen molar-refractivity contribution in [2.45, 2.75) is 20.8 Å². The monoisotopic (exact) mass is 156 g/mol. The van der Waals surface area contributed by atoms with Gasteiger partial charge in [-0.15, -0.1) is 13.2 Å². The van der Waals surface area contributed by atoms with Crippen LogP contribution in [0.4, 0.5) is 0 Å². The molecule has 0 fully saturated rings. The van der Waals surface area contributed by atoms with Gasteiger partial charge in [-0.3, -0.25) is 4.99 Å². The molecule has 0 heterocycles. The molecule has 0 aliphatic carbocycles. The molecule has 0 aromatic heterocycles. The molecule has 0 aromatic rings. The van der Waals surface area contributed by atoms with Crippen LogP contribution in [0.1, 0.15) is 20.8 Å². The topological polar surface area (TPSA) is 38.4 Å². The number of aliphatic imine (C=N–C) groups is 1. The largest absolute Gasteiger partial charge is 0.404 e. The fraction of sp³-hybridized carbons (Fsp3) is 0.444.